The topological polar surface area (TPSA) is 84.2 Å². The molecule has 0 radical (unpaired) electrons. The Kier molecular flexibility index (Phi) is 5.88. The Morgan fingerprint density at radius 1 is 1.33 bits per heavy atom. The normalized spacial score (nSPS) is 16.8. The highest BCUT2D eigenvalue weighted by Crippen LogP contribution is 2.28. The molecule has 4 rings (SSSR count). The SMILES string of the molecule is COc1ccc(Cc2cnc(C3CCCN(C(=O)c4cc(C(C)C)[nH]n4)C3)o2)cc1. The molecule has 1 aromatic carbocycles. The molecule has 7 heteroatoms. The van der Waals surface area contributed by atoms with E-state index in [2.05, 4.69) is 29.0 Å². The number of hydrogen-bond donors (Lipinski definition) is 1. The number of carbonyl (C=O) groups is 1. The van der Waals surface area contributed by atoms with Crippen molar-refractivity contribution in [2.24, 2.45) is 0 Å². The lowest BCUT2D eigenvalue weighted by molar-refractivity contribution is 0.0692. The second-order valence-corrected chi connectivity index (χ2v) is 8.14. The lowest BCUT2D eigenvalue weighted by atomic mass is 9.97. The van der Waals surface area contributed by atoms with E-state index in [0.717, 1.165) is 42.2 Å². The molecular formula is C23H28N4O3. The van der Waals surface area contributed by atoms with Crippen LogP contribution in [0.5, 0.6) is 5.75 Å². The smallest absolute Gasteiger partial charge is 0.274 e. The van der Waals surface area contributed by atoms with Crippen LogP contribution in [0.3, 0.4) is 0 Å². The number of piperidine rings is 1. The van der Waals surface area contributed by atoms with E-state index < -0.39 is 0 Å². The van der Waals surface area contributed by atoms with Gasteiger partial charge in [0.15, 0.2) is 5.89 Å². The van der Waals surface area contributed by atoms with E-state index in [0.29, 0.717) is 30.5 Å². The Morgan fingerprint density at radius 3 is 2.83 bits per heavy atom. The van der Waals surface area contributed by atoms with E-state index in [9.17, 15) is 4.79 Å². The van der Waals surface area contributed by atoms with Crippen molar-refractivity contribution in [1.82, 2.24) is 20.1 Å². The van der Waals surface area contributed by atoms with Crippen LogP contribution in [0.4, 0.5) is 0 Å². The van der Waals surface area contributed by atoms with Gasteiger partial charge >= 0.3 is 0 Å². The van der Waals surface area contributed by atoms with Crippen molar-refractivity contribution in [3.05, 3.63) is 65.1 Å². The van der Waals surface area contributed by atoms with Crippen molar-refractivity contribution in [2.45, 2.75) is 44.9 Å². The summed E-state index contributed by atoms with van der Waals surface area (Å²) in [5, 5.41) is 7.17. The van der Waals surface area contributed by atoms with Gasteiger partial charge in [-0.15, -0.1) is 0 Å². The number of hydrogen-bond acceptors (Lipinski definition) is 5. The molecule has 1 N–H and O–H groups in total. The molecule has 1 aliphatic heterocycles. The average Bonchev–Trinajstić information content (AvgIpc) is 3.44. The van der Waals surface area contributed by atoms with Crippen molar-refractivity contribution < 1.29 is 13.9 Å². The van der Waals surface area contributed by atoms with Gasteiger partial charge in [-0.1, -0.05) is 26.0 Å². The molecule has 3 aromatic rings. The van der Waals surface area contributed by atoms with Crippen LogP contribution in [0.15, 0.2) is 40.9 Å². The number of nitrogens with zero attached hydrogens (tertiary/aromatic N) is 3. The van der Waals surface area contributed by atoms with Crippen molar-refractivity contribution in [3.8, 4) is 5.75 Å². The number of benzene rings is 1. The van der Waals surface area contributed by atoms with Gasteiger partial charge in [-0.3, -0.25) is 9.89 Å². The molecule has 1 unspecified atom stereocenters. The van der Waals surface area contributed by atoms with E-state index in [-0.39, 0.29) is 11.8 Å². The molecule has 1 aliphatic rings. The predicted octanol–water partition coefficient (Wildman–Crippen LogP) is 4.14. The number of likely N-dealkylation sites (tertiary alicyclic amines) is 1. The summed E-state index contributed by atoms with van der Waals surface area (Å²) in [5.74, 6) is 2.75. The van der Waals surface area contributed by atoms with Gasteiger partial charge < -0.3 is 14.1 Å². The quantitative estimate of drug-likeness (QED) is 0.663. The van der Waals surface area contributed by atoms with Gasteiger partial charge in [0.05, 0.1) is 19.2 Å². The number of amides is 1. The average molecular weight is 409 g/mol. The largest absolute Gasteiger partial charge is 0.497 e. The molecule has 1 fully saturated rings. The Hall–Kier alpha value is -3.09. The molecule has 3 heterocycles. The third-order valence-corrected chi connectivity index (χ3v) is 5.61. The number of nitrogens with one attached hydrogen (secondary N) is 1. The lowest BCUT2D eigenvalue weighted by Gasteiger charge is -2.30. The van der Waals surface area contributed by atoms with Crippen LogP contribution in [-0.2, 0) is 6.42 Å². The molecule has 1 saturated heterocycles. The van der Waals surface area contributed by atoms with Crippen LogP contribution in [-0.4, -0.2) is 46.2 Å². The van der Waals surface area contributed by atoms with E-state index in [1.54, 1.807) is 13.3 Å². The van der Waals surface area contributed by atoms with Gasteiger partial charge in [0.2, 0.25) is 0 Å². The number of aromatic amines is 1. The van der Waals surface area contributed by atoms with Crippen LogP contribution in [0.25, 0.3) is 0 Å². The van der Waals surface area contributed by atoms with Gasteiger partial charge in [-0.05, 0) is 42.5 Å². The summed E-state index contributed by atoms with van der Waals surface area (Å²) in [7, 11) is 1.66. The van der Waals surface area contributed by atoms with Crippen LogP contribution < -0.4 is 4.74 Å². The molecule has 0 spiro atoms. The fourth-order valence-electron chi connectivity index (χ4n) is 3.80. The van der Waals surface area contributed by atoms with E-state index in [1.807, 2.05) is 35.2 Å². The maximum atomic E-state index is 12.9. The van der Waals surface area contributed by atoms with E-state index in [1.165, 1.54) is 0 Å². The number of aromatic nitrogens is 3. The van der Waals surface area contributed by atoms with Gasteiger partial charge in [0.25, 0.3) is 5.91 Å². The minimum absolute atomic E-state index is 0.0344. The third kappa shape index (κ3) is 4.40. The van der Waals surface area contributed by atoms with E-state index in [4.69, 9.17) is 9.15 Å². The molecule has 0 saturated carbocycles. The zero-order valence-electron chi connectivity index (χ0n) is 17.7. The van der Waals surface area contributed by atoms with Crippen molar-refractivity contribution >= 4 is 5.91 Å². The van der Waals surface area contributed by atoms with Gasteiger partial charge in [-0.25, -0.2) is 4.98 Å². The van der Waals surface area contributed by atoms with Crippen molar-refractivity contribution in [2.75, 3.05) is 20.2 Å². The summed E-state index contributed by atoms with van der Waals surface area (Å²) in [5.41, 5.74) is 2.59. The summed E-state index contributed by atoms with van der Waals surface area (Å²) in [6.07, 6.45) is 4.36. The zero-order valence-corrected chi connectivity index (χ0v) is 17.7. The highest BCUT2D eigenvalue weighted by molar-refractivity contribution is 5.92. The van der Waals surface area contributed by atoms with Crippen molar-refractivity contribution in [3.63, 3.8) is 0 Å². The first-order chi connectivity index (χ1) is 14.5. The molecule has 0 aliphatic carbocycles. The van der Waals surface area contributed by atoms with Crippen molar-refractivity contribution in [1.29, 1.82) is 0 Å². The maximum Gasteiger partial charge on any atom is 0.274 e. The Labute approximate surface area is 176 Å². The summed E-state index contributed by atoms with van der Waals surface area (Å²) < 4.78 is 11.3. The lowest BCUT2D eigenvalue weighted by Crippen LogP contribution is -2.39. The molecule has 1 atom stereocenters. The fraction of sp³-hybridized carbons (Fsp3) is 0.435. The molecule has 158 valence electrons. The standard InChI is InChI=1S/C23H28N4O3/c1-15(2)20-12-21(26-25-20)23(28)27-10-4-5-17(14-27)22-24-13-19(30-22)11-16-6-8-18(29-3)9-7-16/h6-9,12-13,15,17H,4-5,10-11,14H2,1-3H3,(H,25,26). The number of carbonyl (C=O) groups excluding carboxylic acids is 1. The minimum atomic E-state index is -0.0344. The van der Waals surface area contributed by atoms with Crippen LogP contribution in [0.2, 0.25) is 0 Å². The first kappa shape index (κ1) is 20.2. The molecule has 0 bridgehead atoms. The Bertz CT molecular complexity index is 990. The summed E-state index contributed by atoms with van der Waals surface area (Å²) in [4.78, 5) is 19.3. The fourth-order valence-corrected chi connectivity index (χ4v) is 3.80. The molecule has 2 aromatic heterocycles. The van der Waals surface area contributed by atoms with Gasteiger partial charge in [0, 0.05) is 25.2 Å². The number of methoxy groups -OCH3 is 1. The second kappa shape index (κ2) is 8.73. The summed E-state index contributed by atoms with van der Waals surface area (Å²) >= 11 is 0. The minimum Gasteiger partial charge on any atom is -0.497 e. The molecule has 30 heavy (non-hydrogen) atoms. The first-order valence-electron chi connectivity index (χ1n) is 10.5. The highest BCUT2D eigenvalue weighted by atomic mass is 16.5. The van der Waals surface area contributed by atoms with Gasteiger partial charge in [-0.2, -0.15) is 5.10 Å². The predicted molar refractivity (Wildman–Crippen MR) is 113 cm³/mol. The first-order valence-corrected chi connectivity index (χ1v) is 10.5. The van der Waals surface area contributed by atoms with Crippen LogP contribution in [0.1, 0.15) is 71.9 Å². The Morgan fingerprint density at radius 2 is 2.13 bits per heavy atom. The summed E-state index contributed by atoms with van der Waals surface area (Å²) in [6.45, 7) is 5.49. The van der Waals surface area contributed by atoms with Crippen LogP contribution in [0, 0.1) is 0 Å². The number of oxazole rings is 1. The number of ether oxygens (including phenoxy) is 1. The van der Waals surface area contributed by atoms with Gasteiger partial charge in [0.1, 0.15) is 17.2 Å². The molecule has 1 amide bonds. The second-order valence-electron chi connectivity index (χ2n) is 8.14. The Balaban J connectivity index is 1.41. The highest BCUT2D eigenvalue weighted by Gasteiger charge is 2.29. The van der Waals surface area contributed by atoms with Crippen LogP contribution >= 0.6 is 0 Å². The maximum absolute atomic E-state index is 12.9. The van der Waals surface area contributed by atoms with E-state index >= 15 is 0 Å². The zero-order chi connectivity index (χ0) is 21.1. The summed E-state index contributed by atoms with van der Waals surface area (Å²) in [6, 6.07) is 9.79. The monoisotopic (exact) mass is 408 g/mol. The number of H-pyrrole nitrogens is 1. The molecule has 7 nitrogen and oxygen atoms in total. The molecular weight excluding hydrogens is 380 g/mol. The third-order valence-electron chi connectivity index (χ3n) is 5.61. The number of rotatable bonds is 6.